The van der Waals surface area contributed by atoms with Gasteiger partial charge in [0.1, 0.15) is 0 Å². The summed E-state index contributed by atoms with van der Waals surface area (Å²) in [5.74, 6) is 0.425. The van der Waals surface area contributed by atoms with Crippen LogP contribution in [0.4, 0.5) is 0 Å². The molecule has 0 amide bonds. The largest absolute Gasteiger partial charge is 0.124 e. The van der Waals surface area contributed by atoms with Gasteiger partial charge in [-0.2, -0.15) is 0 Å². The third kappa shape index (κ3) is 5.02. The lowest BCUT2D eigenvalue weighted by atomic mass is 9.72. The van der Waals surface area contributed by atoms with Crippen molar-refractivity contribution in [2.75, 3.05) is 0 Å². The first-order chi connectivity index (χ1) is 9.36. The van der Waals surface area contributed by atoms with E-state index in [4.69, 9.17) is 0 Å². The van der Waals surface area contributed by atoms with Crippen LogP contribution in [0.5, 0.6) is 0 Å². The zero-order valence-corrected chi connectivity index (χ0v) is 14.1. The molecule has 0 spiro atoms. The first-order valence-corrected chi connectivity index (χ1v) is 7.81. The van der Waals surface area contributed by atoms with E-state index in [9.17, 15) is 0 Å². The van der Waals surface area contributed by atoms with Crippen LogP contribution in [0.3, 0.4) is 0 Å². The molecule has 0 aromatic carbocycles. The van der Waals surface area contributed by atoms with Crippen molar-refractivity contribution in [1.82, 2.24) is 0 Å². The Bertz CT molecular complexity index is 474. The minimum absolute atomic E-state index is 0.333. The molecule has 20 heavy (non-hydrogen) atoms. The van der Waals surface area contributed by atoms with Crippen molar-refractivity contribution in [2.45, 2.75) is 60.8 Å². The molecule has 110 valence electrons. The summed E-state index contributed by atoms with van der Waals surface area (Å²) >= 11 is 0. The van der Waals surface area contributed by atoms with Crippen molar-refractivity contribution >= 4 is 0 Å². The van der Waals surface area contributed by atoms with Gasteiger partial charge in [-0.3, -0.25) is 0 Å². The topological polar surface area (TPSA) is 0 Å². The van der Waals surface area contributed by atoms with Crippen molar-refractivity contribution in [2.24, 2.45) is 11.3 Å². The van der Waals surface area contributed by atoms with Gasteiger partial charge in [-0.1, -0.05) is 44.6 Å². The monoisotopic (exact) mass is 270 g/mol. The van der Waals surface area contributed by atoms with Gasteiger partial charge in [0.2, 0.25) is 0 Å². The Hall–Kier alpha value is -1.26. The molecule has 0 nitrogen and oxygen atoms in total. The smallest absolute Gasteiger partial charge is 0.000270 e. The molecule has 1 rings (SSSR count). The van der Waals surface area contributed by atoms with Crippen LogP contribution >= 0.6 is 0 Å². The molecule has 0 aliphatic heterocycles. The highest BCUT2D eigenvalue weighted by atomic mass is 14.3. The highest BCUT2D eigenvalue weighted by Crippen LogP contribution is 2.40. The van der Waals surface area contributed by atoms with Gasteiger partial charge in [0, 0.05) is 0 Å². The number of hydrogen-bond donors (Lipinski definition) is 0. The summed E-state index contributed by atoms with van der Waals surface area (Å²) in [5, 5.41) is 0. The van der Waals surface area contributed by atoms with Gasteiger partial charge < -0.3 is 0 Å². The fourth-order valence-corrected chi connectivity index (χ4v) is 2.73. The van der Waals surface area contributed by atoms with E-state index in [0.29, 0.717) is 11.3 Å². The maximum absolute atomic E-state index is 3.27. The van der Waals surface area contributed by atoms with Crippen molar-refractivity contribution in [3.05, 3.63) is 52.8 Å². The Balaban J connectivity index is 2.79. The highest BCUT2D eigenvalue weighted by molar-refractivity contribution is 5.33. The minimum atomic E-state index is 0.333. The van der Waals surface area contributed by atoms with Crippen LogP contribution in [-0.2, 0) is 0 Å². The number of hydrogen-bond acceptors (Lipinski definition) is 0. The Labute approximate surface area is 125 Å². The molecular weight excluding hydrogens is 240 g/mol. The molecule has 0 radical (unpaired) electrons. The Morgan fingerprint density at radius 1 is 1.35 bits per heavy atom. The van der Waals surface area contributed by atoms with Crippen LogP contribution in [-0.4, -0.2) is 0 Å². The second-order valence-corrected chi connectivity index (χ2v) is 6.66. The molecule has 0 heteroatoms. The molecular formula is C20H30. The molecule has 0 aromatic heterocycles. The maximum atomic E-state index is 3.27. The quantitative estimate of drug-likeness (QED) is 0.410. The lowest BCUT2D eigenvalue weighted by Gasteiger charge is -2.33. The fraction of sp³-hybridized carbons (Fsp3) is 0.550. The fourth-order valence-electron chi connectivity index (χ4n) is 2.73. The van der Waals surface area contributed by atoms with Gasteiger partial charge in [0.15, 0.2) is 0 Å². The van der Waals surface area contributed by atoms with Crippen LogP contribution in [0.25, 0.3) is 0 Å². The first-order valence-electron chi connectivity index (χ1n) is 7.81. The summed E-state index contributed by atoms with van der Waals surface area (Å²) in [6.07, 6.45) is 14.8. The summed E-state index contributed by atoms with van der Waals surface area (Å²) in [7, 11) is 0. The van der Waals surface area contributed by atoms with E-state index >= 15 is 0 Å². The molecule has 1 aliphatic carbocycles. The molecule has 0 N–H and O–H groups in total. The Morgan fingerprint density at radius 2 is 2.05 bits per heavy atom. The zero-order chi connectivity index (χ0) is 15.2. The van der Waals surface area contributed by atoms with Crippen LogP contribution in [0.15, 0.2) is 52.8 Å². The second-order valence-electron chi connectivity index (χ2n) is 6.66. The summed E-state index contributed by atoms with van der Waals surface area (Å²) in [4.78, 5) is 0. The first kappa shape index (κ1) is 16.8. The molecule has 0 saturated carbocycles. The molecule has 1 atom stereocenters. The minimum Gasteiger partial charge on any atom is -0.124 e. The van der Waals surface area contributed by atoms with Crippen molar-refractivity contribution in [3.8, 4) is 0 Å². The van der Waals surface area contributed by atoms with Gasteiger partial charge in [-0.05, 0) is 74.7 Å². The zero-order valence-electron chi connectivity index (χ0n) is 14.1. The van der Waals surface area contributed by atoms with E-state index < -0.39 is 0 Å². The number of rotatable bonds is 4. The third-order valence-corrected chi connectivity index (χ3v) is 4.23. The molecule has 0 bridgehead atoms. The average molecular weight is 270 g/mol. The van der Waals surface area contributed by atoms with Crippen LogP contribution in [0, 0.1) is 11.3 Å². The predicted octanol–water partition coefficient (Wildman–Crippen LogP) is 6.38. The van der Waals surface area contributed by atoms with Crippen LogP contribution in [0.1, 0.15) is 60.8 Å². The Morgan fingerprint density at radius 3 is 2.65 bits per heavy atom. The normalized spacial score (nSPS) is 20.8. The van der Waals surface area contributed by atoms with Crippen LogP contribution < -0.4 is 0 Å². The molecule has 0 aromatic rings. The van der Waals surface area contributed by atoms with Crippen molar-refractivity contribution < 1.29 is 0 Å². The molecule has 0 fully saturated rings. The van der Waals surface area contributed by atoms with Crippen molar-refractivity contribution in [3.63, 3.8) is 0 Å². The highest BCUT2D eigenvalue weighted by Gasteiger charge is 2.26. The van der Waals surface area contributed by atoms with E-state index in [1.54, 1.807) is 5.57 Å². The lowest BCUT2D eigenvalue weighted by molar-refractivity contribution is 0.376. The van der Waals surface area contributed by atoms with Gasteiger partial charge in [-0.25, -0.2) is 0 Å². The standard InChI is InChI=1S/C20H30/c1-7-16(2)10-8-11-17(3)13-14-19-18(4)12-9-15-20(19,5)6/h7,10-11,13-14,17H,9,12,15H2,1-6H3/b14-13+,16-7?. The molecule has 0 saturated heterocycles. The third-order valence-electron chi connectivity index (χ3n) is 4.23. The van der Waals surface area contributed by atoms with E-state index in [0.717, 1.165) is 0 Å². The lowest BCUT2D eigenvalue weighted by Crippen LogP contribution is -2.19. The summed E-state index contributed by atoms with van der Waals surface area (Å²) < 4.78 is 0. The summed E-state index contributed by atoms with van der Waals surface area (Å²) in [6.45, 7) is 13.4. The molecule has 0 heterocycles. The van der Waals surface area contributed by atoms with Crippen LogP contribution in [0.2, 0.25) is 0 Å². The van der Waals surface area contributed by atoms with E-state index in [2.05, 4.69) is 71.6 Å². The van der Waals surface area contributed by atoms with E-state index in [1.807, 2.05) is 6.08 Å². The summed E-state index contributed by atoms with van der Waals surface area (Å²) in [6, 6.07) is 0. The Kier molecular flexibility index (Phi) is 6.30. The maximum Gasteiger partial charge on any atom is -0.000270 e. The van der Waals surface area contributed by atoms with Crippen molar-refractivity contribution in [1.29, 1.82) is 0 Å². The molecule has 1 aliphatic rings. The van der Waals surface area contributed by atoms with Gasteiger partial charge in [-0.15, -0.1) is 5.73 Å². The average Bonchev–Trinajstić information content (AvgIpc) is 2.37. The summed E-state index contributed by atoms with van der Waals surface area (Å²) in [5.41, 5.74) is 7.96. The van der Waals surface area contributed by atoms with E-state index in [-0.39, 0.29) is 0 Å². The number of allylic oxidation sites excluding steroid dienone is 7. The predicted molar refractivity (Wildman–Crippen MR) is 90.7 cm³/mol. The van der Waals surface area contributed by atoms with Gasteiger partial charge >= 0.3 is 0 Å². The second kappa shape index (κ2) is 7.50. The SMILES string of the molecule is CC=C(C)C=C=CC(C)/C=C/C1=C(C)CCCC1(C)C. The van der Waals surface area contributed by atoms with Gasteiger partial charge in [0.25, 0.3) is 0 Å². The molecule has 1 unspecified atom stereocenters. The van der Waals surface area contributed by atoms with Gasteiger partial charge in [0.05, 0.1) is 0 Å². The van der Waals surface area contributed by atoms with E-state index in [1.165, 1.54) is 30.4 Å².